The number of thiophene rings is 1. The number of nitrogens with zero attached hydrogens (tertiary/aromatic N) is 3. The van der Waals surface area contributed by atoms with Gasteiger partial charge in [0.05, 0.1) is 40.5 Å². The Morgan fingerprint density at radius 2 is 1.98 bits per heavy atom. The molecule has 1 amide bonds. The molecule has 1 fully saturated rings. The van der Waals surface area contributed by atoms with E-state index in [9.17, 15) is 9.18 Å². The van der Waals surface area contributed by atoms with E-state index in [2.05, 4.69) is 32.2 Å². The Hall–Kier alpha value is -5.23. The molecule has 4 aromatic carbocycles. The number of amides is 1. The Balaban J connectivity index is 0.988. The zero-order valence-corrected chi connectivity index (χ0v) is 29.2. The van der Waals surface area contributed by atoms with Crippen LogP contribution in [0.3, 0.4) is 0 Å². The summed E-state index contributed by atoms with van der Waals surface area (Å²) in [6, 6.07) is 25.7. The van der Waals surface area contributed by atoms with Gasteiger partial charge in [-0.3, -0.25) is 9.89 Å². The van der Waals surface area contributed by atoms with Crippen LogP contribution in [0.5, 0.6) is 11.5 Å². The fourth-order valence-electron chi connectivity index (χ4n) is 6.78. The number of nitrogens with one attached hydrogen (secondary N) is 2. The summed E-state index contributed by atoms with van der Waals surface area (Å²) in [7, 11) is 0. The summed E-state index contributed by atoms with van der Waals surface area (Å²) in [6.07, 6.45) is 1.72. The third-order valence-corrected chi connectivity index (χ3v) is 10.9. The van der Waals surface area contributed by atoms with Gasteiger partial charge in [-0.25, -0.2) is 9.37 Å². The number of hydrogen-bond donors (Lipinski definition) is 2. The molecule has 256 valence electrons. The first-order valence-corrected chi connectivity index (χ1v) is 17.8. The summed E-state index contributed by atoms with van der Waals surface area (Å²) in [5.41, 5.74) is 5.85. The number of anilines is 1. The standard InChI is InChI=1S/C39H31ClFN5O4S/c1-21-28-16-22(6-11-31(28)45-44-21)38(47)42-24-8-12-33-32(18-24)43-36(46(33)20-25-14-15-48-25)19-26-9-13-35(51-26)27-4-3-5-34-37(27)50-39(2,49-34)29-10-7-23(40)17-30(29)41/h3-13,16-18,25H,14-15,19-20H2,1-2H3,(H,42,47)(H,44,45). The van der Waals surface area contributed by atoms with E-state index in [1.54, 1.807) is 36.5 Å². The number of fused-ring (bicyclic) bond motifs is 3. The number of imidazole rings is 1. The quantitative estimate of drug-likeness (QED) is 0.163. The Labute approximate surface area is 300 Å². The molecule has 0 spiro atoms. The maximum absolute atomic E-state index is 14.9. The van der Waals surface area contributed by atoms with Crippen molar-refractivity contribution in [3.63, 3.8) is 0 Å². The molecular weight excluding hydrogens is 689 g/mol. The predicted molar refractivity (Wildman–Crippen MR) is 195 cm³/mol. The molecule has 0 bridgehead atoms. The minimum absolute atomic E-state index is 0.129. The van der Waals surface area contributed by atoms with Crippen LogP contribution < -0.4 is 14.8 Å². The summed E-state index contributed by atoms with van der Waals surface area (Å²) in [4.78, 5) is 20.4. The van der Waals surface area contributed by atoms with Crippen molar-refractivity contribution in [3.05, 3.63) is 123 Å². The number of halogens is 2. The van der Waals surface area contributed by atoms with Crippen molar-refractivity contribution in [2.45, 2.75) is 45.1 Å². The molecule has 1 saturated heterocycles. The molecule has 51 heavy (non-hydrogen) atoms. The maximum atomic E-state index is 14.9. The van der Waals surface area contributed by atoms with Gasteiger partial charge in [0.25, 0.3) is 11.7 Å². The van der Waals surface area contributed by atoms with Crippen LogP contribution in [-0.2, 0) is 23.5 Å². The van der Waals surface area contributed by atoms with E-state index in [0.717, 1.165) is 61.8 Å². The topological polar surface area (TPSA) is 103 Å². The molecule has 5 heterocycles. The van der Waals surface area contributed by atoms with Crippen LogP contribution in [0, 0.1) is 12.7 Å². The van der Waals surface area contributed by atoms with Crippen LogP contribution in [0.4, 0.5) is 10.1 Å². The van der Waals surface area contributed by atoms with E-state index in [1.807, 2.05) is 55.5 Å². The number of H-pyrrole nitrogens is 1. The Morgan fingerprint density at radius 3 is 2.80 bits per heavy atom. The molecule has 2 N–H and O–H groups in total. The average molecular weight is 720 g/mol. The van der Waals surface area contributed by atoms with E-state index in [4.69, 9.17) is 30.8 Å². The first-order chi connectivity index (χ1) is 24.7. The SMILES string of the molecule is Cc1n[nH]c2ccc(C(=O)Nc3ccc4c(c3)nc(Cc3ccc(-c5cccc6c5OC(C)(c5ccc(Cl)cc5F)O6)s3)n4CC3CCO3)cc12. The lowest BCUT2D eigenvalue weighted by molar-refractivity contribution is -0.0705. The minimum Gasteiger partial charge on any atom is -0.444 e. The molecule has 2 aliphatic rings. The lowest BCUT2D eigenvalue weighted by Gasteiger charge is -2.27. The van der Waals surface area contributed by atoms with Crippen LogP contribution >= 0.6 is 22.9 Å². The largest absolute Gasteiger partial charge is 0.444 e. The van der Waals surface area contributed by atoms with E-state index < -0.39 is 11.6 Å². The van der Waals surface area contributed by atoms with Crippen LogP contribution in [0.25, 0.3) is 32.4 Å². The fraction of sp³-hybridized carbons (Fsp3) is 0.205. The summed E-state index contributed by atoms with van der Waals surface area (Å²) in [5.74, 6) is -0.0300. The number of aromatic nitrogens is 4. The highest BCUT2D eigenvalue weighted by molar-refractivity contribution is 7.15. The van der Waals surface area contributed by atoms with Crippen LogP contribution in [0.1, 0.15) is 45.7 Å². The Morgan fingerprint density at radius 1 is 1.10 bits per heavy atom. The Bertz CT molecular complexity index is 2500. The summed E-state index contributed by atoms with van der Waals surface area (Å²) in [5, 5.41) is 11.5. The van der Waals surface area contributed by atoms with Crippen molar-refractivity contribution in [1.82, 2.24) is 19.7 Å². The van der Waals surface area contributed by atoms with E-state index in [0.29, 0.717) is 40.7 Å². The van der Waals surface area contributed by atoms with Gasteiger partial charge >= 0.3 is 0 Å². The fourth-order valence-corrected chi connectivity index (χ4v) is 7.97. The highest BCUT2D eigenvalue weighted by Gasteiger charge is 2.42. The number of aryl methyl sites for hydroxylation is 1. The number of rotatable bonds is 8. The molecule has 9 nitrogen and oxygen atoms in total. The van der Waals surface area contributed by atoms with Gasteiger partial charge in [0, 0.05) is 56.9 Å². The first-order valence-electron chi connectivity index (χ1n) is 16.6. The van der Waals surface area contributed by atoms with E-state index in [1.165, 1.54) is 6.07 Å². The predicted octanol–water partition coefficient (Wildman–Crippen LogP) is 9.02. The average Bonchev–Trinajstić information content (AvgIpc) is 3.87. The minimum atomic E-state index is -1.34. The lowest BCUT2D eigenvalue weighted by Crippen LogP contribution is -2.32. The molecule has 7 aromatic rings. The smallest absolute Gasteiger partial charge is 0.278 e. The second kappa shape index (κ2) is 12.2. The highest BCUT2D eigenvalue weighted by Crippen LogP contribution is 2.50. The van der Waals surface area contributed by atoms with Crippen molar-refractivity contribution < 1.29 is 23.4 Å². The molecule has 9 rings (SSSR count). The zero-order valence-electron chi connectivity index (χ0n) is 27.6. The molecule has 0 radical (unpaired) electrons. The van der Waals surface area contributed by atoms with Crippen LogP contribution in [0.15, 0.2) is 84.9 Å². The maximum Gasteiger partial charge on any atom is 0.278 e. The third-order valence-electron chi connectivity index (χ3n) is 9.54. The number of para-hydroxylation sites is 1. The number of benzene rings is 4. The summed E-state index contributed by atoms with van der Waals surface area (Å²) in [6.45, 7) is 5.07. The first kappa shape index (κ1) is 31.7. The lowest BCUT2D eigenvalue weighted by atomic mass is 10.1. The molecule has 12 heteroatoms. The zero-order chi connectivity index (χ0) is 34.9. The van der Waals surface area contributed by atoms with Crippen molar-refractivity contribution >= 4 is 56.5 Å². The summed E-state index contributed by atoms with van der Waals surface area (Å²) < 4.78 is 35.5. The number of hydrogen-bond acceptors (Lipinski definition) is 7. The van der Waals surface area contributed by atoms with Gasteiger partial charge < -0.3 is 24.1 Å². The van der Waals surface area contributed by atoms with Gasteiger partial charge in [-0.05, 0) is 92.2 Å². The van der Waals surface area contributed by atoms with Crippen molar-refractivity contribution in [2.75, 3.05) is 11.9 Å². The van der Waals surface area contributed by atoms with Crippen LogP contribution in [-0.4, -0.2) is 38.4 Å². The Kier molecular flexibility index (Phi) is 7.60. The molecular formula is C39H31ClFN5O4S. The second-order valence-electron chi connectivity index (χ2n) is 13.0. The van der Waals surface area contributed by atoms with Gasteiger partial charge in [-0.1, -0.05) is 17.7 Å². The molecule has 3 aromatic heterocycles. The molecule has 0 saturated carbocycles. The van der Waals surface area contributed by atoms with Crippen molar-refractivity contribution in [3.8, 4) is 21.9 Å². The van der Waals surface area contributed by atoms with E-state index in [-0.39, 0.29) is 17.6 Å². The normalized spacial score (nSPS) is 18.0. The molecule has 0 aliphatic carbocycles. The number of carbonyl (C=O) groups is 1. The summed E-state index contributed by atoms with van der Waals surface area (Å²) >= 11 is 7.64. The number of aromatic amines is 1. The third kappa shape index (κ3) is 5.71. The van der Waals surface area contributed by atoms with Gasteiger partial charge in [0.15, 0.2) is 11.5 Å². The van der Waals surface area contributed by atoms with Crippen LogP contribution in [0.2, 0.25) is 5.02 Å². The van der Waals surface area contributed by atoms with Gasteiger partial charge in [-0.15, -0.1) is 11.3 Å². The number of carbonyl (C=O) groups excluding carboxylic acids is 1. The highest BCUT2D eigenvalue weighted by atomic mass is 35.5. The van der Waals surface area contributed by atoms with Crippen molar-refractivity contribution in [2.24, 2.45) is 0 Å². The molecule has 2 atom stereocenters. The van der Waals surface area contributed by atoms with Gasteiger partial charge in [0.2, 0.25) is 0 Å². The second-order valence-corrected chi connectivity index (χ2v) is 14.6. The molecule has 2 aliphatic heterocycles. The van der Waals surface area contributed by atoms with Gasteiger partial charge in [-0.2, -0.15) is 5.10 Å². The number of ether oxygens (including phenoxy) is 3. The van der Waals surface area contributed by atoms with Crippen molar-refractivity contribution in [1.29, 1.82) is 0 Å². The monoisotopic (exact) mass is 719 g/mol. The van der Waals surface area contributed by atoms with E-state index >= 15 is 0 Å². The molecule has 2 unspecified atom stereocenters. The van der Waals surface area contributed by atoms with Gasteiger partial charge in [0.1, 0.15) is 11.6 Å².